The monoisotopic (exact) mass is 490 g/mol. The van der Waals surface area contributed by atoms with Gasteiger partial charge in [-0.05, 0) is 77.4 Å². The largest absolute Gasteiger partial charge is 0.497 e. The maximum absolute atomic E-state index is 13.2. The van der Waals surface area contributed by atoms with Crippen LogP contribution < -0.4 is 15.4 Å². The molecule has 0 saturated carbocycles. The summed E-state index contributed by atoms with van der Waals surface area (Å²) >= 11 is 0. The molecule has 4 rings (SSSR count). The van der Waals surface area contributed by atoms with Crippen molar-refractivity contribution in [1.29, 1.82) is 0 Å². The molecule has 2 amide bonds. The minimum atomic E-state index is -3.62. The molecule has 35 heavy (non-hydrogen) atoms. The van der Waals surface area contributed by atoms with Gasteiger partial charge in [-0.15, -0.1) is 0 Å². The minimum absolute atomic E-state index is 0.181. The molecule has 178 valence electrons. The lowest BCUT2D eigenvalue weighted by molar-refractivity contribution is 0.262. The lowest BCUT2D eigenvalue weighted by Crippen LogP contribution is -2.19. The van der Waals surface area contributed by atoms with Gasteiger partial charge in [0.25, 0.3) is 0 Å². The zero-order chi connectivity index (χ0) is 24.8. The Kier molecular flexibility index (Phi) is 7.12. The van der Waals surface area contributed by atoms with Crippen molar-refractivity contribution in [2.24, 2.45) is 0 Å². The predicted molar refractivity (Wildman–Crippen MR) is 135 cm³/mol. The summed E-state index contributed by atoms with van der Waals surface area (Å²) in [7, 11) is -2.05. The molecule has 4 aromatic rings. The predicted octanol–water partition coefficient (Wildman–Crippen LogP) is 6.12. The van der Waals surface area contributed by atoms with E-state index in [1.54, 1.807) is 92.0 Å². The molecular formula is C27H23FN2O4S. The first-order chi connectivity index (χ1) is 16.8. The van der Waals surface area contributed by atoms with Crippen LogP contribution in [0.4, 0.5) is 20.6 Å². The Bertz CT molecular complexity index is 1420. The Labute approximate surface area is 203 Å². The lowest BCUT2D eigenvalue weighted by atomic mass is 10.1. The Morgan fingerprint density at radius 3 is 2.00 bits per heavy atom. The van der Waals surface area contributed by atoms with Crippen molar-refractivity contribution in [2.45, 2.75) is 10.6 Å². The van der Waals surface area contributed by atoms with Crippen LogP contribution in [-0.2, 0) is 15.6 Å². The van der Waals surface area contributed by atoms with E-state index >= 15 is 0 Å². The molecule has 0 heterocycles. The molecule has 0 unspecified atom stereocenters. The maximum Gasteiger partial charge on any atom is 0.323 e. The summed E-state index contributed by atoms with van der Waals surface area (Å²) in [5.41, 5.74) is 3.13. The number of halogens is 1. The fraction of sp³-hybridized carbons (Fsp3) is 0.0741. The molecule has 0 radical (unpaired) electrons. The van der Waals surface area contributed by atoms with Crippen LogP contribution >= 0.6 is 0 Å². The molecule has 2 N–H and O–H groups in total. The van der Waals surface area contributed by atoms with Crippen molar-refractivity contribution in [2.75, 3.05) is 17.7 Å². The molecule has 0 saturated heterocycles. The van der Waals surface area contributed by atoms with E-state index in [1.807, 2.05) is 0 Å². The van der Waals surface area contributed by atoms with Gasteiger partial charge in [-0.3, -0.25) is 0 Å². The van der Waals surface area contributed by atoms with E-state index in [9.17, 15) is 17.6 Å². The number of methoxy groups -OCH3 is 1. The Morgan fingerprint density at radius 2 is 1.40 bits per heavy atom. The molecule has 0 aliphatic rings. The van der Waals surface area contributed by atoms with Crippen molar-refractivity contribution >= 4 is 27.2 Å². The fourth-order valence-corrected chi connectivity index (χ4v) is 4.86. The van der Waals surface area contributed by atoms with Crippen molar-refractivity contribution < 1.29 is 22.3 Å². The fourth-order valence-electron chi connectivity index (χ4n) is 3.47. The molecular weight excluding hydrogens is 467 g/mol. The van der Waals surface area contributed by atoms with Gasteiger partial charge >= 0.3 is 6.03 Å². The SMILES string of the molecule is COc1ccc(NC(=O)Nc2ccc(CS(=O)(=O)c3cccc(-c4ccc(F)cc4)c3)cc2)cc1. The number of amides is 2. The van der Waals surface area contributed by atoms with Crippen LogP contribution in [0.2, 0.25) is 0 Å². The summed E-state index contributed by atoms with van der Waals surface area (Å²) in [5.74, 6) is 0.135. The van der Waals surface area contributed by atoms with Gasteiger partial charge in [0.1, 0.15) is 11.6 Å². The highest BCUT2D eigenvalue weighted by atomic mass is 32.2. The summed E-state index contributed by atoms with van der Waals surface area (Å²) in [6.07, 6.45) is 0. The van der Waals surface area contributed by atoms with Gasteiger partial charge in [0.2, 0.25) is 0 Å². The van der Waals surface area contributed by atoms with Gasteiger partial charge in [0, 0.05) is 11.4 Å². The summed E-state index contributed by atoms with van der Waals surface area (Å²) in [4.78, 5) is 12.4. The third-order valence-corrected chi connectivity index (χ3v) is 6.97. The average molecular weight is 491 g/mol. The van der Waals surface area contributed by atoms with Gasteiger partial charge in [0.15, 0.2) is 9.84 Å². The van der Waals surface area contributed by atoms with Crippen LogP contribution in [0.5, 0.6) is 5.75 Å². The number of sulfone groups is 1. The van der Waals surface area contributed by atoms with E-state index in [0.717, 1.165) is 5.56 Å². The number of carbonyl (C=O) groups excluding carboxylic acids is 1. The highest BCUT2D eigenvalue weighted by Gasteiger charge is 2.16. The second kappa shape index (κ2) is 10.4. The van der Waals surface area contributed by atoms with Crippen LogP contribution in [0.25, 0.3) is 11.1 Å². The number of nitrogens with one attached hydrogen (secondary N) is 2. The third kappa shape index (κ3) is 6.24. The van der Waals surface area contributed by atoms with Crippen LogP contribution in [0, 0.1) is 5.82 Å². The Balaban J connectivity index is 1.40. The van der Waals surface area contributed by atoms with Gasteiger partial charge in [-0.2, -0.15) is 0 Å². The zero-order valence-corrected chi connectivity index (χ0v) is 19.7. The molecule has 4 aromatic carbocycles. The zero-order valence-electron chi connectivity index (χ0n) is 18.9. The van der Waals surface area contributed by atoms with E-state index < -0.39 is 15.9 Å². The first-order valence-electron chi connectivity index (χ1n) is 10.7. The van der Waals surface area contributed by atoms with Crippen LogP contribution in [0.3, 0.4) is 0 Å². The van der Waals surface area contributed by atoms with E-state index in [2.05, 4.69) is 10.6 Å². The number of rotatable bonds is 7. The van der Waals surface area contributed by atoms with Crippen molar-refractivity contribution in [1.82, 2.24) is 0 Å². The van der Waals surface area contributed by atoms with Crippen molar-refractivity contribution in [3.63, 3.8) is 0 Å². The van der Waals surface area contributed by atoms with Crippen LogP contribution in [-0.4, -0.2) is 21.6 Å². The highest BCUT2D eigenvalue weighted by molar-refractivity contribution is 7.90. The number of ether oxygens (including phenoxy) is 1. The third-order valence-electron chi connectivity index (χ3n) is 5.29. The first kappa shape index (κ1) is 24.0. The smallest absolute Gasteiger partial charge is 0.323 e. The second-order valence-electron chi connectivity index (χ2n) is 7.80. The molecule has 0 aromatic heterocycles. The van der Waals surface area contributed by atoms with Gasteiger partial charge in [-0.25, -0.2) is 17.6 Å². The van der Waals surface area contributed by atoms with E-state index in [1.165, 1.54) is 12.1 Å². The normalized spacial score (nSPS) is 11.0. The quantitative estimate of drug-likeness (QED) is 0.327. The number of urea groups is 1. The number of hydrogen-bond donors (Lipinski definition) is 2. The second-order valence-corrected chi connectivity index (χ2v) is 9.79. The van der Waals surface area contributed by atoms with E-state index in [-0.39, 0.29) is 16.5 Å². The van der Waals surface area contributed by atoms with E-state index in [4.69, 9.17) is 4.74 Å². The average Bonchev–Trinajstić information content (AvgIpc) is 2.86. The van der Waals surface area contributed by atoms with Crippen molar-refractivity contribution in [3.05, 3.63) is 108 Å². The number of anilines is 2. The molecule has 0 aliphatic carbocycles. The first-order valence-corrected chi connectivity index (χ1v) is 12.4. The van der Waals surface area contributed by atoms with Gasteiger partial charge in [0.05, 0.1) is 17.8 Å². The Hall–Kier alpha value is -4.17. The molecule has 0 fully saturated rings. The molecule has 0 atom stereocenters. The summed E-state index contributed by atoms with van der Waals surface area (Å²) in [6, 6.07) is 25.6. The highest BCUT2D eigenvalue weighted by Crippen LogP contribution is 2.25. The maximum atomic E-state index is 13.2. The number of carbonyl (C=O) groups is 1. The lowest BCUT2D eigenvalue weighted by Gasteiger charge is -2.10. The molecule has 8 heteroatoms. The number of benzene rings is 4. The van der Waals surface area contributed by atoms with Gasteiger partial charge < -0.3 is 15.4 Å². The molecule has 6 nitrogen and oxygen atoms in total. The van der Waals surface area contributed by atoms with E-state index in [0.29, 0.717) is 28.3 Å². The molecule has 0 bridgehead atoms. The van der Waals surface area contributed by atoms with Crippen molar-refractivity contribution in [3.8, 4) is 16.9 Å². The van der Waals surface area contributed by atoms with Crippen LogP contribution in [0.15, 0.2) is 102 Å². The Morgan fingerprint density at radius 1 is 0.800 bits per heavy atom. The standard InChI is InChI=1S/C27H23FN2O4S/c1-34-25-15-13-24(14-16-25)30-27(31)29-23-11-5-19(6-12-23)18-35(32,33)26-4-2-3-21(17-26)20-7-9-22(28)10-8-20/h2-17H,18H2,1H3,(H2,29,30,31). The van der Waals surface area contributed by atoms with Crippen LogP contribution in [0.1, 0.15) is 5.56 Å². The number of hydrogen-bond acceptors (Lipinski definition) is 4. The minimum Gasteiger partial charge on any atom is -0.497 e. The summed E-state index contributed by atoms with van der Waals surface area (Å²) in [6.45, 7) is 0. The molecule has 0 aliphatic heterocycles. The summed E-state index contributed by atoms with van der Waals surface area (Å²) in [5, 5.41) is 5.43. The molecule has 0 spiro atoms. The van der Waals surface area contributed by atoms with Gasteiger partial charge in [-0.1, -0.05) is 36.4 Å². The summed E-state index contributed by atoms with van der Waals surface area (Å²) < 4.78 is 44.3. The topological polar surface area (TPSA) is 84.5 Å².